The maximum atomic E-state index is 12.4. The maximum Gasteiger partial charge on any atom is 0.273 e. The first-order valence-corrected chi connectivity index (χ1v) is 9.69. The van der Waals surface area contributed by atoms with E-state index < -0.39 is 27.4 Å². The van der Waals surface area contributed by atoms with E-state index >= 15 is 0 Å². The van der Waals surface area contributed by atoms with Gasteiger partial charge < -0.3 is 4.42 Å². The van der Waals surface area contributed by atoms with Gasteiger partial charge in [-0.3, -0.25) is 20.4 Å². The number of hydrogen-bond acceptors (Lipinski definition) is 5. The van der Waals surface area contributed by atoms with Crippen LogP contribution < -0.4 is 15.6 Å². The Balaban J connectivity index is 2.11. The summed E-state index contributed by atoms with van der Waals surface area (Å²) in [6, 6.07) is 7.09. The van der Waals surface area contributed by atoms with Crippen molar-refractivity contribution in [3.8, 4) is 0 Å². The van der Waals surface area contributed by atoms with Crippen LogP contribution in [0, 0.1) is 13.8 Å². The van der Waals surface area contributed by atoms with E-state index in [9.17, 15) is 18.0 Å². The molecule has 9 heteroatoms. The predicted molar refractivity (Wildman–Crippen MR) is 99.6 cm³/mol. The molecule has 3 N–H and O–H groups in total. The van der Waals surface area contributed by atoms with Crippen molar-refractivity contribution in [3.63, 3.8) is 0 Å². The number of furan rings is 1. The topological polar surface area (TPSA) is 118 Å². The SMILES string of the molecule is Cc1cc(C(=O)NNC(=O)c2cccc(S(=O)(=O)NC(C)(C)C)c2)c(C)o1. The fraction of sp³-hybridized carbons (Fsp3) is 0.333. The van der Waals surface area contributed by atoms with Gasteiger partial charge in [0, 0.05) is 11.1 Å². The van der Waals surface area contributed by atoms with Crippen molar-refractivity contribution in [3.05, 3.63) is 53.0 Å². The molecule has 1 aromatic carbocycles. The van der Waals surface area contributed by atoms with Crippen LogP contribution in [0.2, 0.25) is 0 Å². The molecular formula is C18H23N3O5S. The van der Waals surface area contributed by atoms with Crippen LogP contribution in [0.5, 0.6) is 0 Å². The first-order chi connectivity index (χ1) is 12.4. The van der Waals surface area contributed by atoms with Crippen LogP contribution >= 0.6 is 0 Å². The third kappa shape index (κ3) is 5.41. The molecule has 0 bridgehead atoms. The summed E-state index contributed by atoms with van der Waals surface area (Å²) >= 11 is 0. The Kier molecular flexibility index (Phi) is 5.76. The van der Waals surface area contributed by atoms with Gasteiger partial charge in [-0.15, -0.1) is 0 Å². The average molecular weight is 393 g/mol. The molecule has 0 aliphatic carbocycles. The number of nitrogens with one attached hydrogen (secondary N) is 3. The van der Waals surface area contributed by atoms with Gasteiger partial charge >= 0.3 is 0 Å². The first kappa shape index (κ1) is 20.7. The highest BCUT2D eigenvalue weighted by molar-refractivity contribution is 7.89. The van der Waals surface area contributed by atoms with Gasteiger partial charge in [-0.05, 0) is 58.9 Å². The van der Waals surface area contributed by atoms with Crippen molar-refractivity contribution >= 4 is 21.8 Å². The number of amides is 2. The molecule has 2 rings (SSSR count). The third-order valence-electron chi connectivity index (χ3n) is 3.42. The van der Waals surface area contributed by atoms with Crippen molar-refractivity contribution in [1.29, 1.82) is 0 Å². The summed E-state index contributed by atoms with van der Waals surface area (Å²) in [5.41, 5.74) is 4.28. The van der Waals surface area contributed by atoms with Crippen molar-refractivity contribution < 1.29 is 22.4 Å². The highest BCUT2D eigenvalue weighted by atomic mass is 32.2. The largest absolute Gasteiger partial charge is 0.466 e. The minimum Gasteiger partial charge on any atom is -0.466 e. The number of benzene rings is 1. The van der Waals surface area contributed by atoms with E-state index in [1.165, 1.54) is 24.3 Å². The van der Waals surface area contributed by atoms with Crippen LogP contribution in [0.25, 0.3) is 0 Å². The van der Waals surface area contributed by atoms with E-state index in [0.717, 1.165) is 0 Å². The molecule has 146 valence electrons. The molecule has 0 saturated carbocycles. The van der Waals surface area contributed by atoms with Crippen molar-refractivity contribution in [2.24, 2.45) is 0 Å². The second-order valence-electron chi connectivity index (χ2n) is 7.12. The molecule has 27 heavy (non-hydrogen) atoms. The van der Waals surface area contributed by atoms with Gasteiger partial charge in [0.05, 0.1) is 10.5 Å². The van der Waals surface area contributed by atoms with Crippen LogP contribution in [0.1, 0.15) is 53.0 Å². The monoisotopic (exact) mass is 393 g/mol. The molecule has 0 spiro atoms. The number of rotatable bonds is 4. The number of aryl methyl sites for hydroxylation is 2. The van der Waals surface area contributed by atoms with Crippen LogP contribution in [0.3, 0.4) is 0 Å². The number of hydrazine groups is 1. The highest BCUT2D eigenvalue weighted by Gasteiger charge is 2.23. The zero-order chi connectivity index (χ0) is 20.4. The first-order valence-electron chi connectivity index (χ1n) is 8.21. The molecule has 0 fully saturated rings. The minimum absolute atomic E-state index is 0.0438. The second-order valence-corrected chi connectivity index (χ2v) is 8.80. The summed E-state index contributed by atoms with van der Waals surface area (Å²) in [6.45, 7) is 8.50. The molecule has 0 aliphatic rings. The van der Waals surface area contributed by atoms with Gasteiger partial charge in [-0.2, -0.15) is 0 Å². The Morgan fingerprint density at radius 3 is 2.19 bits per heavy atom. The minimum atomic E-state index is -3.78. The van der Waals surface area contributed by atoms with Crippen LogP contribution in [-0.4, -0.2) is 25.8 Å². The Labute approximate surface area is 158 Å². The average Bonchev–Trinajstić information content (AvgIpc) is 2.88. The fourth-order valence-electron chi connectivity index (χ4n) is 2.38. The zero-order valence-corrected chi connectivity index (χ0v) is 16.7. The highest BCUT2D eigenvalue weighted by Crippen LogP contribution is 2.15. The summed E-state index contributed by atoms with van der Waals surface area (Å²) in [6.07, 6.45) is 0. The second kappa shape index (κ2) is 7.53. The van der Waals surface area contributed by atoms with Gasteiger partial charge in [-0.25, -0.2) is 13.1 Å². The normalized spacial score (nSPS) is 11.9. The molecular weight excluding hydrogens is 370 g/mol. The molecule has 0 atom stereocenters. The maximum absolute atomic E-state index is 12.4. The molecule has 0 unspecified atom stereocenters. The van der Waals surface area contributed by atoms with Crippen LogP contribution in [-0.2, 0) is 10.0 Å². The lowest BCUT2D eigenvalue weighted by molar-refractivity contribution is 0.0845. The van der Waals surface area contributed by atoms with E-state index in [-0.39, 0.29) is 10.5 Å². The number of hydrogen-bond donors (Lipinski definition) is 3. The van der Waals surface area contributed by atoms with E-state index in [1.807, 2.05) is 0 Å². The van der Waals surface area contributed by atoms with Crippen molar-refractivity contribution in [2.75, 3.05) is 0 Å². The van der Waals surface area contributed by atoms with E-state index in [2.05, 4.69) is 15.6 Å². The molecule has 1 aromatic heterocycles. The smallest absolute Gasteiger partial charge is 0.273 e. The molecule has 2 aromatic rings. The number of sulfonamides is 1. The summed E-state index contributed by atoms with van der Waals surface area (Å²) < 4.78 is 32.6. The van der Waals surface area contributed by atoms with E-state index in [1.54, 1.807) is 40.7 Å². The van der Waals surface area contributed by atoms with Gasteiger partial charge in [0.25, 0.3) is 11.8 Å². The van der Waals surface area contributed by atoms with Gasteiger partial charge in [-0.1, -0.05) is 6.07 Å². The number of carbonyl (C=O) groups is 2. The lowest BCUT2D eigenvalue weighted by Crippen LogP contribution is -2.42. The third-order valence-corrected chi connectivity index (χ3v) is 5.18. The summed E-state index contributed by atoms with van der Waals surface area (Å²) in [5, 5.41) is 0. The van der Waals surface area contributed by atoms with Gasteiger partial charge in [0.15, 0.2) is 0 Å². The fourth-order valence-corrected chi connectivity index (χ4v) is 3.84. The summed E-state index contributed by atoms with van der Waals surface area (Å²) in [5.74, 6) is -0.168. The molecule has 2 amide bonds. The lowest BCUT2D eigenvalue weighted by Gasteiger charge is -2.20. The Morgan fingerprint density at radius 2 is 1.63 bits per heavy atom. The standard InChI is InChI=1S/C18H23N3O5S/c1-11-9-15(12(2)26-11)17(23)20-19-16(22)13-7-6-8-14(10-13)27(24,25)21-18(3,4)5/h6-10,21H,1-5H3,(H,19,22)(H,20,23). The molecule has 0 radical (unpaired) electrons. The van der Waals surface area contributed by atoms with E-state index in [4.69, 9.17) is 4.42 Å². The zero-order valence-electron chi connectivity index (χ0n) is 15.8. The summed E-state index contributed by atoms with van der Waals surface area (Å²) in [4.78, 5) is 24.3. The summed E-state index contributed by atoms with van der Waals surface area (Å²) in [7, 11) is -3.78. The quantitative estimate of drug-likeness (QED) is 0.687. The van der Waals surface area contributed by atoms with E-state index in [0.29, 0.717) is 17.1 Å². The molecule has 0 saturated heterocycles. The molecule has 0 aliphatic heterocycles. The Morgan fingerprint density at radius 1 is 1.00 bits per heavy atom. The predicted octanol–water partition coefficient (Wildman–Crippen LogP) is 2.05. The van der Waals surface area contributed by atoms with Gasteiger partial charge in [0.2, 0.25) is 10.0 Å². The molecule has 8 nitrogen and oxygen atoms in total. The van der Waals surface area contributed by atoms with Crippen molar-refractivity contribution in [1.82, 2.24) is 15.6 Å². The number of carbonyl (C=O) groups excluding carboxylic acids is 2. The van der Waals surface area contributed by atoms with Gasteiger partial charge in [0.1, 0.15) is 11.5 Å². The Bertz CT molecular complexity index is 971. The van der Waals surface area contributed by atoms with Crippen LogP contribution in [0.15, 0.2) is 39.6 Å². The van der Waals surface area contributed by atoms with Crippen LogP contribution in [0.4, 0.5) is 0 Å². The Hall–Kier alpha value is -2.65. The lowest BCUT2D eigenvalue weighted by atomic mass is 10.1. The van der Waals surface area contributed by atoms with Crippen molar-refractivity contribution in [2.45, 2.75) is 45.1 Å². The molecule has 1 heterocycles.